The van der Waals surface area contributed by atoms with Gasteiger partial charge in [-0.1, -0.05) is 13.8 Å². The number of hydrogen-bond acceptors (Lipinski definition) is 3. The van der Waals surface area contributed by atoms with Crippen molar-refractivity contribution in [1.82, 2.24) is 15.1 Å². The predicted octanol–water partition coefficient (Wildman–Crippen LogP) is 1.42. The third-order valence-electron chi connectivity index (χ3n) is 5.04. The summed E-state index contributed by atoms with van der Waals surface area (Å²) >= 11 is 0. The van der Waals surface area contributed by atoms with Gasteiger partial charge >= 0.3 is 0 Å². The van der Waals surface area contributed by atoms with Crippen LogP contribution in [0.15, 0.2) is 0 Å². The van der Waals surface area contributed by atoms with Gasteiger partial charge < -0.3 is 15.1 Å². The minimum Gasteiger partial charge on any atom is -0.343 e. The molecule has 0 aromatic heterocycles. The quantitative estimate of drug-likeness (QED) is 0.831. The molecule has 0 aromatic rings. The van der Waals surface area contributed by atoms with E-state index < -0.39 is 0 Å². The first-order valence-electron chi connectivity index (χ1n) is 8.41. The van der Waals surface area contributed by atoms with E-state index in [0.29, 0.717) is 0 Å². The van der Waals surface area contributed by atoms with Gasteiger partial charge in [0.15, 0.2) is 0 Å². The fourth-order valence-corrected chi connectivity index (χ4v) is 3.90. The maximum Gasteiger partial charge on any atom is 0.219 e. The number of nitrogens with zero attached hydrogens (tertiary/aromatic N) is 2. The van der Waals surface area contributed by atoms with Crippen molar-refractivity contribution in [3.8, 4) is 0 Å². The second kappa shape index (κ2) is 7.41. The van der Waals surface area contributed by atoms with E-state index in [1.54, 1.807) is 6.92 Å². The molecule has 0 unspecified atom stereocenters. The van der Waals surface area contributed by atoms with Crippen LogP contribution in [0.25, 0.3) is 0 Å². The van der Waals surface area contributed by atoms with Crippen molar-refractivity contribution < 1.29 is 4.79 Å². The lowest BCUT2D eigenvalue weighted by molar-refractivity contribution is -0.130. The minimum absolute atomic E-state index is 0.246. The first-order chi connectivity index (χ1) is 9.72. The number of rotatable bonds is 2. The molecule has 4 heteroatoms. The van der Waals surface area contributed by atoms with Crippen molar-refractivity contribution in [2.75, 3.05) is 45.8 Å². The Morgan fingerprint density at radius 3 is 2.15 bits per heavy atom. The number of likely N-dealkylation sites (tertiary alicyclic amines) is 2. The average Bonchev–Trinajstić information content (AvgIpc) is 3.02. The summed E-state index contributed by atoms with van der Waals surface area (Å²) in [5.74, 6) is 2.87. The topological polar surface area (TPSA) is 35.6 Å². The van der Waals surface area contributed by atoms with Crippen LogP contribution in [0.4, 0.5) is 0 Å². The molecule has 0 aliphatic carbocycles. The zero-order chi connectivity index (χ0) is 14.5. The van der Waals surface area contributed by atoms with Crippen LogP contribution in [0.2, 0.25) is 0 Å². The fraction of sp³-hybridized carbons (Fsp3) is 0.938. The Balaban J connectivity index is 0.000000704. The average molecular weight is 281 g/mol. The molecule has 0 saturated carbocycles. The largest absolute Gasteiger partial charge is 0.343 e. The van der Waals surface area contributed by atoms with Crippen molar-refractivity contribution in [3.63, 3.8) is 0 Å². The van der Waals surface area contributed by atoms with Gasteiger partial charge in [-0.15, -0.1) is 0 Å². The van der Waals surface area contributed by atoms with E-state index in [1.807, 2.05) is 18.7 Å². The molecule has 3 heterocycles. The van der Waals surface area contributed by atoms with Crippen LogP contribution in [0.3, 0.4) is 0 Å². The van der Waals surface area contributed by atoms with Gasteiger partial charge in [0, 0.05) is 39.6 Å². The van der Waals surface area contributed by atoms with Crippen molar-refractivity contribution in [2.24, 2.45) is 17.8 Å². The number of hydrogen-bond donors (Lipinski definition) is 1. The van der Waals surface area contributed by atoms with E-state index in [2.05, 4.69) is 10.2 Å². The Hall–Kier alpha value is -0.610. The van der Waals surface area contributed by atoms with Crippen LogP contribution in [0.1, 0.15) is 33.6 Å². The van der Waals surface area contributed by atoms with E-state index in [1.165, 1.54) is 45.6 Å². The van der Waals surface area contributed by atoms with E-state index in [0.717, 1.165) is 30.8 Å². The van der Waals surface area contributed by atoms with E-state index >= 15 is 0 Å². The van der Waals surface area contributed by atoms with Crippen molar-refractivity contribution in [3.05, 3.63) is 0 Å². The molecule has 1 N–H and O–H groups in total. The molecule has 3 aliphatic rings. The van der Waals surface area contributed by atoms with E-state index in [9.17, 15) is 4.79 Å². The summed E-state index contributed by atoms with van der Waals surface area (Å²) in [5.41, 5.74) is 0. The molecule has 2 atom stereocenters. The molecule has 3 aliphatic heterocycles. The Kier molecular flexibility index (Phi) is 5.85. The van der Waals surface area contributed by atoms with Gasteiger partial charge in [-0.3, -0.25) is 4.79 Å². The lowest BCUT2D eigenvalue weighted by Crippen LogP contribution is -2.40. The Labute approximate surface area is 123 Å². The number of carbonyl (C=O) groups is 1. The van der Waals surface area contributed by atoms with Crippen molar-refractivity contribution >= 4 is 5.91 Å². The van der Waals surface area contributed by atoms with Crippen LogP contribution in [0, 0.1) is 17.8 Å². The molecule has 20 heavy (non-hydrogen) atoms. The molecule has 3 saturated heterocycles. The van der Waals surface area contributed by atoms with Crippen molar-refractivity contribution in [1.29, 1.82) is 0 Å². The van der Waals surface area contributed by atoms with Crippen LogP contribution < -0.4 is 5.32 Å². The monoisotopic (exact) mass is 281 g/mol. The number of fused-ring (bicyclic) bond motifs is 1. The molecule has 4 nitrogen and oxygen atoms in total. The molecule has 0 aromatic carbocycles. The van der Waals surface area contributed by atoms with Gasteiger partial charge in [0.1, 0.15) is 0 Å². The summed E-state index contributed by atoms with van der Waals surface area (Å²) in [7, 11) is 0. The lowest BCUT2D eigenvalue weighted by Gasteiger charge is -2.33. The second-order valence-corrected chi connectivity index (χ2v) is 6.35. The first kappa shape index (κ1) is 15.8. The maximum atomic E-state index is 11.3. The smallest absolute Gasteiger partial charge is 0.219 e. The highest BCUT2D eigenvalue weighted by atomic mass is 16.2. The van der Waals surface area contributed by atoms with Gasteiger partial charge in [-0.05, 0) is 43.7 Å². The van der Waals surface area contributed by atoms with Gasteiger partial charge in [0.05, 0.1) is 0 Å². The Morgan fingerprint density at radius 2 is 1.65 bits per heavy atom. The van der Waals surface area contributed by atoms with E-state index in [-0.39, 0.29) is 5.91 Å². The summed E-state index contributed by atoms with van der Waals surface area (Å²) in [6, 6.07) is 0. The maximum absolute atomic E-state index is 11.3. The lowest BCUT2D eigenvalue weighted by atomic mass is 9.96. The van der Waals surface area contributed by atoms with Crippen molar-refractivity contribution in [2.45, 2.75) is 33.6 Å². The third-order valence-corrected chi connectivity index (χ3v) is 5.04. The van der Waals surface area contributed by atoms with Crippen LogP contribution in [0.5, 0.6) is 0 Å². The van der Waals surface area contributed by atoms with Crippen LogP contribution in [-0.2, 0) is 4.79 Å². The summed E-state index contributed by atoms with van der Waals surface area (Å²) in [5, 5.41) is 3.50. The molecule has 1 amide bonds. The van der Waals surface area contributed by atoms with Crippen LogP contribution in [-0.4, -0.2) is 61.5 Å². The minimum atomic E-state index is 0.246. The third kappa shape index (κ3) is 3.73. The zero-order valence-electron chi connectivity index (χ0n) is 13.4. The predicted molar refractivity (Wildman–Crippen MR) is 82.6 cm³/mol. The molecular formula is C16H31N3O. The van der Waals surface area contributed by atoms with Gasteiger partial charge in [-0.25, -0.2) is 0 Å². The number of carbonyl (C=O) groups excluding carboxylic acids is 1. The Bertz CT molecular complexity index is 301. The molecular weight excluding hydrogens is 250 g/mol. The van der Waals surface area contributed by atoms with Gasteiger partial charge in [0.2, 0.25) is 5.91 Å². The highest BCUT2D eigenvalue weighted by Crippen LogP contribution is 2.28. The number of piperidine rings is 1. The molecule has 0 bridgehead atoms. The normalized spacial score (nSPS) is 30.9. The Morgan fingerprint density at radius 1 is 1.10 bits per heavy atom. The van der Waals surface area contributed by atoms with Gasteiger partial charge in [-0.2, -0.15) is 0 Å². The molecule has 3 rings (SSSR count). The first-order valence-corrected chi connectivity index (χ1v) is 8.41. The zero-order valence-corrected chi connectivity index (χ0v) is 13.4. The standard InChI is InChI=1S/C14H25N3O.C2H6/c1-11(18)17-4-2-12(3-5-17)8-16-9-13-6-15-7-14(13)10-16;1-2/h12-15H,2-10H2,1H3;1-2H3/t13-,14+;. The second-order valence-electron chi connectivity index (χ2n) is 6.35. The molecule has 0 radical (unpaired) electrons. The van der Waals surface area contributed by atoms with Crippen LogP contribution >= 0.6 is 0 Å². The number of nitrogens with one attached hydrogen (secondary N) is 1. The SMILES string of the molecule is CC.CC(=O)N1CCC(CN2C[C@H]3CNC[C@H]3C2)CC1. The summed E-state index contributed by atoms with van der Waals surface area (Å²) in [6.45, 7) is 13.9. The highest BCUT2D eigenvalue weighted by Gasteiger charge is 2.36. The van der Waals surface area contributed by atoms with Gasteiger partial charge in [0.25, 0.3) is 0 Å². The molecule has 3 fully saturated rings. The summed E-state index contributed by atoms with van der Waals surface area (Å²) in [6.07, 6.45) is 2.40. The highest BCUT2D eigenvalue weighted by molar-refractivity contribution is 5.73. The summed E-state index contributed by atoms with van der Waals surface area (Å²) < 4.78 is 0. The molecule has 116 valence electrons. The summed E-state index contributed by atoms with van der Waals surface area (Å²) in [4.78, 5) is 16.0. The van der Waals surface area contributed by atoms with E-state index in [4.69, 9.17) is 0 Å². The molecule has 0 spiro atoms. The number of amides is 1. The fourth-order valence-electron chi connectivity index (χ4n) is 3.90.